The SMILES string of the molecule is CCCC(CCO)CNS(=O)(=O)c1cccc(F)c1. The van der Waals surface area contributed by atoms with Crippen LogP contribution >= 0.6 is 0 Å². The molecule has 0 fully saturated rings. The molecule has 0 saturated carbocycles. The number of rotatable bonds is 8. The number of halogens is 1. The second-order valence-electron chi connectivity index (χ2n) is 4.48. The van der Waals surface area contributed by atoms with Gasteiger partial charge in [0.1, 0.15) is 5.82 Å². The van der Waals surface area contributed by atoms with Crippen LogP contribution in [0.3, 0.4) is 0 Å². The summed E-state index contributed by atoms with van der Waals surface area (Å²) in [6, 6.07) is 4.90. The topological polar surface area (TPSA) is 66.4 Å². The van der Waals surface area contributed by atoms with Gasteiger partial charge in [0.25, 0.3) is 0 Å². The number of nitrogens with one attached hydrogen (secondary N) is 1. The quantitative estimate of drug-likeness (QED) is 0.768. The van der Waals surface area contributed by atoms with E-state index in [9.17, 15) is 12.8 Å². The van der Waals surface area contributed by atoms with Gasteiger partial charge in [-0.25, -0.2) is 17.5 Å². The van der Waals surface area contributed by atoms with Crippen molar-refractivity contribution < 1.29 is 17.9 Å². The van der Waals surface area contributed by atoms with Gasteiger partial charge < -0.3 is 5.11 Å². The first kappa shape index (κ1) is 16.1. The normalized spacial score (nSPS) is 13.4. The monoisotopic (exact) mass is 289 g/mol. The lowest BCUT2D eigenvalue weighted by molar-refractivity contribution is 0.251. The number of hydrogen-bond acceptors (Lipinski definition) is 3. The van der Waals surface area contributed by atoms with Crippen molar-refractivity contribution in [2.45, 2.75) is 31.1 Å². The van der Waals surface area contributed by atoms with Crippen LogP contribution in [-0.4, -0.2) is 26.7 Å². The van der Waals surface area contributed by atoms with E-state index in [2.05, 4.69) is 4.72 Å². The molecule has 1 aromatic carbocycles. The molecule has 1 unspecified atom stereocenters. The molecule has 108 valence electrons. The summed E-state index contributed by atoms with van der Waals surface area (Å²) in [5.41, 5.74) is 0. The van der Waals surface area contributed by atoms with Gasteiger partial charge in [0.2, 0.25) is 10.0 Å². The molecule has 0 aromatic heterocycles. The number of aliphatic hydroxyl groups excluding tert-OH is 1. The van der Waals surface area contributed by atoms with Gasteiger partial charge in [0.05, 0.1) is 4.90 Å². The fourth-order valence-corrected chi connectivity index (χ4v) is 3.03. The van der Waals surface area contributed by atoms with Crippen molar-refractivity contribution in [3.63, 3.8) is 0 Å². The van der Waals surface area contributed by atoms with Gasteiger partial charge in [-0.05, 0) is 37.0 Å². The minimum atomic E-state index is -3.69. The predicted octanol–water partition coefficient (Wildman–Crippen LogP) is 1.90. The fourth-order valence-electron chi connectivity index (χ4n) is 1.88. The number of benzene rings is 1. The van der Waals surface area contributed by atoms with E-state index in [1.807, 2.05) is 6.92 Å². The average molecular weight is 289 g/mol. The fraction of sp³-hybridized carbons (Fsp3) is 0.538. The van der Waals surface area contributed by atoms with Gasteiger partial charge in [0.15, 0.2) is 0 Å². The maximum absolute atomic E-state index is 13.0. The molecule has 0 bridgehead atoms. The molecule has 1 rings (SSSR count). The van der Waals surface area contributed by atoms with Crippen LogP contribution in [0.5, 0.6) is 0 Å². The van der Waals surface area contributed by atoms with Gasteiger partial charge in [-0.1, -0.05) is 19.4 Å². The van der Waals surface area contributed by atoms with Crippen molar-refractivity contribution >= 4 is 10.0 Å². The van der Waals surface area contributed by atoms with Gasteiger partial charge in [0, 0.05) is 13.2 Å². The zero-order valence-electron chi connectivity index (χ0n) is 11.0. The van der Waals surface area contributed by atoms with Crippen molar-refractivity contribution in [3.8, 4) is 0 Å². The Labute approximate surface area is 113 Å². The van der Waals surface area contributed by atoms with Crippen LogP contribution in [0.25, 0.3) is 0 Å². The first-order valence-electron chi connectivity index (χ1n) is 6.35. The Morgan fingerprint density at radius 3 is 2.68 bits per heavy atom. The van der Waals surface area contributed by atoms with E-state index >= 15 is 0 Å². The zero-order chi connectivity index (χ0) is 14.3. The van der Waals surface area contributed by atoms with Crippen LogP contribution in [0.2, 0.25) is 0 Å². The zero-order valence-corrected chi connectivity index (χ0v) is 11.8. The molecule has 0 aliphatic heterocycles. The molecule has 0 aliphatic rings. The lowest BCUT2D eigenvalue weighted by Crippen LogP contribution is -2.30. The first-order chi connectivity index (χ1) is 8.99. The largest absolute Gasteiger partial charge is 0.396 e. The molecule has 6 heteroatoms. The lowest BCUT2D eigenvalue weighted by Gasteiger charge is -2.15. The Balaban J connectivity index is 2.69. The number of aliphatic hydroxyl groups is 1. The Morgan fingerprint density at radius 1 is 1.37 bits per heavy atom. The molecule has 1 atom stereocenters. The molecule has 0 spiro atoms. The summed E-state index contributed by atoms with van der Waals surface area (Å²) >= 11 is 0. The third kappa shape index (κ3) is 5.26. The highest BCUT2D eigenvalue weighted by Crippen LogP contribution is 2.13. The number of sulfonamides is 1. The summed E-state index contributed by atoms with van der Waals surface area (Å²) in [7, 11) is -3.69. The van der Waals surface area contributed by atoms with Crippen LogP contribution in [0.1, 0.15) is 26.2 Å². The first-order valence-corrected chi connectivity index (χ1v) is 7.84. The standard InChI is InChI=1S/C13H20FNO3S/c1-2-4-11(7-8-16)10-15-19(17,18)13-6-3-5-12(14)9-13/h3,5-6,9,11,15-16H,2,4,7-8,10H2,1H3. The lowest BCUT2D eigenvalue weighted by atomic mass is 10.0. The van der Waals surface area contributed by atoms with Crippen molar-refractivity contribution in [2.75, 3.05) is 13.2 Å². The van der Waals surface area contributed by atoms with E-state index in [1.165, 1.54) is 18.2 Å². The molecule has 0 amide bonds. The van der Waals surface area contributed by atoms with E-state index in [0.717, 1.165) is 18.9 Å². The smallest absolute Gasteiger partial charge is 0.240 e. The molecular formula is C13H20FNO3S. The van der Waals surface area contributed by atoms with Crippen LogP contribution in [0, 0.1) is 11.7 Å². The highest BCUT2D eigenvalue weighted by Gasteiger charge is 2.16. The van der Waals surface area contributed by atoms with E-state index < -0.39 is 15.8 Å². The van der Waals surface area contributed by atoms with Gasteiger partial charge in [-0.2, -0.15) is 0 Å². The summed E-state index contributed by atoms with van der Waals surface area (Å²) in [6.07, 6.45) is 2.32. The Bertz CT molecular complexity index is 484. The summed E-state index contributed by atoms with van der Waals surface area (Å²) in [5.74, 6) is -0.485. The maximum atomic E-state index is 13.0. The van der Waals surface area contributed by atoms with Crippen molar-refractivity contribution in [3.05, 3.63) is 30.1 Å². The predicted molar refractivity (Wildman–Crippen MR) is 71.7 cm³/mol. The molecular weight excluding hydrogens is 269 g/mol. The van der Waals surface area contributed by atoms with E-state index in [0.29, 0.717) is 6.42 Å². The van der Waals surface area contributed by atoms with Crippen molar-refractivity contribution in [1.82, 2.24) is 4.72 Å². The minimum Gasteiger partial charge on any atom is -0.396 e. The molecule has 0 aliphatic carbocycles. The molecule has 1 aromatic rings. The van der Waals surface area contributed by atoms with Gasteiger partial charge >= 0.3 is 0 Å². The molecule has 19 heavy (non-hydrogen) atoms. The van der Waals surface area contributed by atoms with Crippen LogP contribution in [0.4, 0.5) is 4.39 Å². The van der Waals surface area contributed by atoms with E-state index in [4.69, 9.17) is 5.11 Å². The van der Waals surface area contributed by atoms with Crippen LogP contribution in [-0.2, 0) is 10.0 Å². The van der Waals surface area contributed by atoms with E-state index in [1.54, 1.807) is 0 Å². The van der Waals surface area contributed by atoms with Gasteiger partial charge in [-0.3, -0.25) is 0 Å². The minimum absolute atomic E-state index is 0.0341. The highest BCUT2D eigenvalue weighted by atomic mass is 32.2. The Kier molecular flexibility index (Phi) is 6.41. The van der Waals surface area contributed by atoms with Crippen molar-refractivity contribution in [2.24, 2.45) is 5.92 Å². The summed E-state index contributed by atoms with van der Waals surface area (Å²) < 4.78 is 39.4. The second-order valence-corrected chi connectivity index (χ2v) is 6.24. The van der Waals surface area contributed by atoms with Crippen LogP contribution in [0.15, 0.2) is 29.2 Å². The molecule has 0 heterocycles. The maximum Gasteiger partial charge on any atom is 0.240 e. The summed E-state index contributed by atoms with van der Waals surface area (Å²) in [6.45, 7) is 2.30. The molecule has 0 radical (unpaired) electrons. The van der Waals surface area contributed by atoms with Gasteiger partial charge in [-0.15, -0.1) is 0 Å². The summed E-state index contributed by atoms with van der Waals surface area (Å²) in [4.78, 5) is -0.0771. The third-order valence-corrected chi connectivity index (χ3v) is 4.32. The molecule has 0 saturated heterocycles. The molecule has 2 N–H and O–H groups in total. The third-order valence-electron chi connectivity index (χ3n) is 2.90. The second kappa shape index (κ2) is 7.57. The number of hydrogen-bond donors (Lipinski definition) is 2. The Hall–Kier alpha value is -0.980. The average Bonchev–Trinajstić information content (AvgIpc) is 2.37. The van der Waals surface area contributed by atoms with Crippen molar-refractivity contribution in [1.29, 1.82) is 0 Å². The summed E-state index contributed by atoms with van der Waals surface area (Å²) in [5, 5.41) is 8.92. The Morgan fingerprint density at radius 2 is 2.11 bits per heavy atom. The highest BCUT2D eigenvalue weighted by molar-refractivity contribution is 7.89. The molecule has 4 nitrogen and oxygen atoms in total. The van der Waals surface area contributed by atoms with Crippen LogP contribution < -0.4 is 4.72 Å². The van der Waals surface area contributed by atoms with E-state index in [-0.39, 0.29) is 24.0 Å².